The van der Waals surface area contributed by atoms with Crippen LogP contribution in [-0.4, -0.2) is 4.98 Å². The van der Waals surface area contributed by atoms with Crippen molar-refractivity contribution in [3.8, 4) is 0 Å². The lowest BCUT2D eigenvalue weighted by Crippen LogP contribution is -1.89. The Balaban J connectivity index is 2.73. The largest absolute Gasteiger partial charge is 0.358 e. The lowest BCUT2D eigenvalue weighted by molar-refractivity contribution is 0.963. The molecule has 0 saturated heterocycles. The third-order valence-electron chi connectivity index (χ3n) is 2.75. The SMILES string of the molecule is C=CC(C)c1c(C)[nH]c2ccccc12. The van der Waals surface area contributed by atoms with Gasteiger partial charge in [0.2, 0.25) is 0 Å². The van der Waals surface area contributed by atoms with Crippen LogP contribution in [0.25, 0.3) is 10.9 Å². The van der Waals surface area contributed by atoms with Crippen molar-refractivity contribution in [1.82, 2.24) is 4.98 Å². The van der Waals surface area contributed by atoms with E-state index in [4.69, 9.17) is 0 Å². The summed E-state index contributed by atoms with van der Waals surface area (Å²) in [4.78, 5) is 3.39. The average molecular weight is 185 g/mol. The molecule has 1 nitrogen and oxygen atoms in total. The van der Waals surface area contributed by atoms with Gasteiger partial charge in [-0.25, -0.2) is 0 Å². The second kappa shape index (κ2) is 3.33. The van der Waals surface area contributed by atoms with Crippen molar-refractivity contribution in [3.05, 3.63) is 48.2 Å². The van der Waals surface area contributed by atoms with E-state index < -0.39 is 0 Å². The van der Waals surface area contributed by atoms with Gasteiger partial charge in [-0.1, -0.05) is 31.2 Å². The van der Waals surface area contributed by atoms with E-state index in [9.17, 15) is 0 Å². The number of benzene rings is 1. The standard InChI is InChI=1S/C13H15N/c1-4-9(2)13-10(3)14-12-8-6-5-7-11(12)13/h4-9,14H,1H2,2-3H3. The molecule has 0 aliphatic rings. The fraction of sp³-hybridized carbons (Fsp3) is 0.231. The summed E-state index contributed by atoms with van der Waals surface area (Å²) in [6.07, 6.45) is 1.99. The Labute approximate surface area is 84.5 Å². The molecule has 0 spiro atoms. The van der Waals surface area contributed by atoms with Gasteiger partial charge in [0, 0.05) is 22.5 Å². The Kier molecular flexibility index (Phi) is 2.16. The number of allylic oxidation sites excluding steroid dienone is 1. The molecule has 0 amide bonds. The Hall–Kier alpha value is -1.50. The lowest BCUT2D eigenvalue weighted by Gasteiger charge is -2.05. The number of rotatable bonds is 2. The summed E-state index contributed by atoms with van der Waals surface area (Å²) in [6, 6.07) is 8.41. The van der Waals surface area contributed by atoms with Crippen molar-refractivity contribution >= 4 is 10.9 Å². The van der Waals surface area contributed by atoms with Crippen LogP contribution in [0.5, 0.6) is 0 Å². The van der Waals surface area contributed by atoms with E-state index in [1.54, 1.807) is 0 Å². The predicted octanol–water partition coefficient (Wildman–Crippen LogP) is 3.77. The average Bonchev–Trinajstić information content (AvgIpc) is 2.53. The number of aryl methyl sites for hydroxylation is 1. The highest BCUT2D eigenvalue weighted by Crippen LogP contribution is 2.29. The first-order chi connectivity index (χ1) is 6.74. The van der Waals surface area contributed by atoms with Gasteiger partial charge in [-0.05, 0) is 18.6 Å². The second-order valence-corrected chi connectivity index (χ2v) is 3.73. The summed E-state index contributed by atoms with van der Waals surface area (Å²) in [7, 11) is 0. The van der Waals surface area contributed by atoms with Gasteiger partial charge >= 0.3 is 0 Å². The van der Waals surface area contributed by atoms with Gasteiger partial charge < -0.3 is 4.98 Å². The third-order valence-corrected chi connectivity index (χ3v) is 2.75. The summed E-state index contributed by atoms with van der Waals surface area (Å²) in [5.74, 6) is 0.408. The fourth-order valence-corrected chi connectivity index (χ4v) is 2.00. The monoisotopic (exact) mass is 185 g/mol. The number of hydrogen-bond acceptors (Lipinski definition) is 0. The van der Waals surface area contributed by atoms with Crippen LogP contribution in [0.1, 0.15) is 24.1 Å². The molecule has 0 aliphatic heterocycles. The summed E-state index contributed by atoms with van der Waals surface area (Å²) in [5, 5.41) is 1.32. The Morgan fingerprint density at radius 1 is 1.36 bits per heavy atom. The van der Waals surface area contributed by atoms with Crippen molar-refractivity contribution < 1.29 is 0 Å². The maximum absolute atomic E-state index is 3.85. The zero-order chi connectivity index (χ0) is 10.1. The maximum atomic E-state index is 3.85. The van der Waals surface area contributed by atoms with Gasteiger partial charge in [0.15, 0.2) is 0 Å². The topological polar surface area (TPSA) is 15.8 Å². The van der Waals surface area contributed by atoms with Gasteiger partial charge in [0.1, 0.15) is 0 Å². The Morgan fingerprint density at radius 3 is 2.79 bits per heavy atom. The van der Waals surface area contributed by atoms with Crippen LogP contribution in [0.2, 0.25) is 0 Å². The summed E-state index contributed by atoms with van der Waals surface area (Å²) in [6.45, 7) is 8.15. The molecule has 1 heterocycles. The highest BCUT2D eigenvalue weighted by Gasteiger charge is 2.11. The van der Waals surface area contributed by atoms with E-state index in [1.807, 2.05) is 6.08 Å². The zero-order valence-corrected chi connectivity index (χ0v) is 8.67. The highest BCUT2D eigenvalue weighted by atomic mass is 14.7. The van der Waals surface area contributed by atoms with Gasteiger partial charge in [0.25, 0.3) is 0 Å². The zero-order valence-electron chi connectivity index (χ0n) is 8.67. The summed E-state index contributed by atoms with van der Waals surface area (Å²) < 4.78 is 0. The Morgan fingerprint density at radius 2 is 2.07 bits per heavy atom. The first-order valence-electron chi connectivity index (χ1n) is 4.93. The molecule has 0 saturated carbocycles. The normalized spacial score (nSPS) is 13.0. The van der Waals surface area contributed by atoms with Gasteiger partial charge in [-0.3, -0.25) is 0 Å². The van der Waals surface area contributed by atoms with Crippen LogP contribution >= 0.6 is 0 Å². The molecular formula is C13H15N. The number of fused-ring (bicyclic) bond motifs is 1. The van der Waals surface area contributed by atoms with Crippen LogP contribution in [0, 0.1) is 6.92 Å². The summed E-state index contributed by atoms with van der Waals surface area (Å²) in [5.41, 5.74) is 3.84. The van der Waals surface area contributed by atoms with Crippen LogP contribution in [0.15, 0.2) is 36.9 Å². The number of nitrogens with one attached hydrogen (secondary N) is 1. The van der Waals surface area contributed by atoms with Gasteiger partial charge in [0.05, 0.1) is 0 Å². The predicted molar refractivity (Wildman–Crippen MR) is 61.6 cm³/mol. The van der Waals surface area contributed by atoms with Crippen LogP contribution in [0.3, 0.4) is 0 Å². The molecular weight excluding hydrogens is 170 g/mol. The molecule has 0 bridgehead atoms. The molecule has 2 aromatic rings. The fourth-order valence-electron chi connectivity index (χ4n) is 2.00. The molecule has 1 N–H and O–H groups in total. The second-order valence-electron chi connectivity index (χ2n) is 3.73. The number of para-hydroxylation sites is 1. The third kappa shape index (κ3) is 1.25. The van der Waals surface area contributed by atoms with Crippen molar-refractivity contribution in [2.24, 2.45) is 0 Å². The minimum atomic E-state index is 0.408. The molecule has 2 rings (SSSR count). The molecule has 1 aromatic carbocycles. The van der Waals surface area contributed by atoms with Crippen molar-refractivity contribution in [2.45, 2.75) is 19.8 Å². The van der Waals surface area contributed by atoms with E-state index in [0.29, 0.717) is 5.92 Å². The Bertz CT molecular complexity index is 465. The minimum absolute atomic E-state index is 0.408. The van der Waals surface area contributed by atoms with E-state index in [1.165, 1.54) is 22.2 Å². The molecule has 1 aromatic heterocycles. The smallest absolute Gasteiger partial charge is 0.0459 e. The highest BCUT2D eigenvalue weighted by molar-refractivity contribution is 5.85. The molecule has 0 aliphatic carbocycles. The first-order valence-corrected chi connectivity index (χ1v) is 4.93. The lowest BCUT2D eigenvalue weighted by atomic mass is 9.98. The van der Waals surface area contributed by atoms with Crippen molar-refractivity contribution in [3.63, 3.8) is 0 Å². The molecule has 1 unspecified atom stereocenters. The van der Waals surface area contributed by atoms with E-state index in [0.717, 1.165) is 0 Å². The molecule has 1 atom stereocenters. The van der Waals surface area contributed by atoms with E-state index in [-0.39, 0.29) is 0 Å². The molecule has 1 heteroatoms. The number of H-pyrrole nitrogens is 1. The molecule has 0 fully saturated rings. The van der Waals surface area contributed by atoms with Crippen molar-refractivity contribution in [1.29, 1.82) is 0 Å². The number of hydrogen-bond donors (Lipinski definition) is 1. The van der Waals surface area contributed by atoms with Gasteiger partial charge in [-0.2, -0.15) is 0 Å². The molecule has 14 heavy (non-hydrogen) atoms. The first kappa shape index (κ1) is 9.07. The summed E-state index contributed by atoms with van der Waals surface area (Å²) >= 11 is 0. The van der Waals surface area contributed by atoms with E-state index in [2.05, 4.69) is 49.7 Å². The van der Waals surface area contributed by atoms with E-state index >= 15 is 0 Å². The van der Waals surface area contributed by atoms with Crippen molar-refractivity contribution in [2.75, 3.05) is 0 Å². The number of aromatic nitrogens is 1. The maximum Gasteiger partial charge on any atom is 0.0459 e. The van der Waals surface area contributed by atoms with Crippen LogP contribution < -0.4 is 0 Å². The van der Waals surface area contributed by atoms with Crippen LogP contribution in [0.4, 0.5) is 0 Å². The molecule has 72 valence electrons. The minimum Gasteiger partial charge on any atom is -0.358 e. The number of aromatic amines is 1. The molecule has 0 radical (unpaired) electrons. The van der Waals surface area contributed by atoms with Gasteiger partial charge in [-0.15, -0.1) is 6.58 Å². The quantitative estimate of drug-likeness (QED) is 0.685. The van der Waals surface area contributed by atoms with Crippen LogP contribution in [-0.2, 0) is 0 Å².